The van der Waals surface area contributed by atoms with E-state index in [-0.39, 0.29) is 17.6 Å². The Morgan fingerprint density at radius 3 is 1.90 bits per heavy atom. The molecule has 0 atom stereocenters. The number of amides is 1. The summed E-state index contributed by atoms with van der Waals surface area (Å²) in [6.45, 7) is 6.67. The third-order valence-corrected chi connectivity index (χ3v) is 6.62. The molecule has 2 aromatic carbocycles. The molecule has 2 fully saturated rings. The molecule has 5 heteroatoms. The number of halogens is 1. The molecule has 1 amide bonds. The largest absolute Gasteiger partial charge is 0.352 e. The number of benzene rings is 2. The lowest BCUT2D eigenvalue weighted by atomic mass is 9.95. The van der Waals surface area contributed by atoms with Crippen LogP contribution < -0.4 is 5.32 Å². The van der Waals surface area contributed by atoms with Crippen molar-refractivity contribution in [2.24, 2.45) is 5.92 Å². The average Bonchev–Trinajstić information content (AvgIpc) is 2.81. The van der Waals surface area contributed by atoms with Crippen molar-refractivity contribution in [2.75, 3.05) is 26.2 Å². The summed E-state index contributed by atoms with van der Waals surface area (Å²) < 4.78 is 13.1. The quantitative estimate of drug-likeness (QED) is 0.720. The molecular formula is C26H34FN3O. The normalized spacial score (nSPS) is 18.7. The molecule has 2 heterocycles. The van der Waals surface area contributed by atoms with Gasteiger partial charge in [-0.1, -0.05) is 42.8 Å². The first-order valence-corrected chi connectivity index (χ1v) is 11.7. The second kappa shape index (κ2) is 10.9. The number of hydrogen-bond acceptors (Lipinski definition) is 3. The third kappa shape index (κ3) is 6.62. The van der Waals surface area contributed by atoms with Gasteiger partial charge in [-0.05, 0) is 80.7 Å². The Balaban J connectivity index is 1.17. The Bertz CT molecular complexity index is 823. The van der Waals surface area contributed by atoms with Gasteiger partial charge in [0.05, 0.1) is 0 Å². The second-order valence-electron chi connectivity index (χ2n) is 9.05. The number of hydrogen-bond donors (Lipinski definition) is 1. The first kappa shape index (κ1) is 22.0. The molecular weight excluding hydrogens is 389 g/mol. The fraction of sp³-hybridized carbons (Fsp3) is 0.500. The van der Waals surface area contributed by atoms with E-state index in [1.54, 1.807) is 0 Å². The first-order chi connectivity index (χ1) is 15.2. The lowest BCUT2D eigenvalue weighted by molar-refractivity contribution is -0.126. The van der Waals surface area contributed by atoms with E-state index >= 15 is 0 Å². The van der Waals surface area contributed by atoms with Crippen LogP contribution in [0.4, 0.5) is 4.39 Å². The van der Waals surface area contributed by atoms with Crippen LogP contribution in [-0.4, -0.2) is 41.9 Å². The Morgan fingerprint density at radius 1 is 0.774 bits per heavy atom. The monoisotopic (exact) mass is 423 g/mol. The van der Waals surface area contributed by atoms with E-state index in [2.05, 4.69) is 39.4 Å². The number of carbonyl (C=O) groups excluding carboxylic acids is 1. The Kier molecular flexibility index (Phi) is 7.71. The molecule has 4 nitrogen and oxygen atoms in total. The smallest absolute Gasteiger partial charge is 0.223 e. The van der Waals surface area contributed by atoms with Crippen molar-refractivity contribution in [3.05, 3.63) is 71.0 Å². The van der Waals surface area contributed by atoms with Gasteiger partial charge in [0.1, 0.15) is 5.82 Å². The molecule has 31 heavy (non-hydrogen) atoms. The molecule has 4 rings (SSSR count). The van der Waals surface area contributed by atoms with Crippen LogP contribution in [0, 0.1) is 11.7 Å². The number of nitrogens with zero attached hydrogens (tertiary/aromatic N) is 2. The zero-order valence-electron chi connectivity index (χ0n) is 18.4. The van der Waals surface area contributed by atoms with Gasteiger partial charge in [-0.2, -0.15) is 0 Å². The van der Waals surface area contributed by atoms with E-state index < -0.39 is 0 Å². The van der Waals surface area contributed by atoms with Crippen LogP contribution in [-0.2, 0) is 24.4 Å². The summed E-state index contributed by atoms with van der Waals surface area (Å²) in [5.41, 5.74) is 3.63. The Hall–Kier alpha value is -2.24. The molecule has 0 unspecified atom stereocenters. The van der Waals surface area contributed by atoms with Crippen LogP contribution in [0.5, 0.6) is 0 Å². The lowest BCUT2D eigenvalue weighted by Crippen LogP contribution is -2.40. The predicted octanol–water partition coefficient (Wildman–Crippen LogP) is 4.34. The average molecular weight is 424 g/mol. The van der Waals surface area contributed by atoms with E-state index in [0.717, 1.165) is 50.1 Å². The molecule has 2 aliphatic heterocycles. The van der Waals surface area contributed by atoms with E-state index in [1.807, 2.05) is 12.1 Å². The number of likely N-dealkylation sites (tertiary alicyclic amines) is 2. The highest BCUT2D eigenvalue weighted by Crippen LogP contribution is 2.20. The van der Waals surface area contributed by atoms with Crippen molar-refractivity contribution < 1.29 is 9.18 Å². The van der Waals surface area contributed by atoms with Gasteiger partial charge in [-0.3, -0.25) is 14.6 Å². The van der Waals surface area contributed by atoms with E-state index in [9.17, 15) is 9.18 Å². The van der Waals surface area contributed by atoms with Crippen molar-refractivity contribution >= 4 is 5.91 Å². The van der Waals surface area contributed by atoms with Gasteiger partial charge >= 0.3 is 0 Å². The summed E-state index contributed by atoms with van der Waals surface area (Å²) in [5, 5.41) is 3.13. The zero-order valence-corrected chi connectivity index (χ0v) is 18.4. The molecule has 0 radical (unpaired) electrons. The van der Waals surface area contributed by atoms with Gasteiger partial charge in [0, 0.05) is 25.6 Å². The maximum absolute atomic E-state index is 13.1. The van der Waals surface area contributed by atoms with Gasteiger partial charge in [0.25, 0.3) is 0 Å². The number of carbonyl (C=O) groups is 1. The number of piperidine rings is 2. The Labute approximate surface area is 185 Å². The molecule has 0 saturated carbocycles. The summed E-state index contributed by atoms with van der Waals surface area (Å²) in [6, 6.07) is 15.4. The Morgan fingerprint density at radius 2 is 1.29 bits per heavy atom. The van der Waals surface area contributed by atoms with Gasteiger partial charge < -0.3 is 5.32 Å². The van der Waals surface area contributed by atoms with E-state index in [0.29, 0.717) is 6.54 Å². The summed E-state index contributed by atoms with van der Waals surface area (Å²) in [4.78, 5) is 17.5. The van der Waals surface area contributed by atoms with Gasteiger partial charge in [0.15, 0.2) is 0 Å². The van der Waals surface area contributed by atoms with Gasteiger partial charge in [0.2, 0.25) is 5.91 Å². The summed E-state index contributed by atoms with van der Waals surface area (Å²) in [5.74, 6) is 0.0532. The fourth-order valence-corrected chi connectivity index (χ4v) is 4.67. The van der Waals surface area contributed by atoms with Crippen molar-refractivity contribution in [2.45, 2.75) is 51.7 Å². The maximum Gasteiger partial charge on any atom is 0.223 e. The molecule has 0 bridgehead atoms. The summed E-state index contributed by atoms with van der Waals surface area (Å²) >= 11 is 0. The maximum atomic E-state index is 13.1. The minimum absolute atomic E-state index is 0.0860. The molecule has 0 aromatic heterocycles. The van der Waals surface area contributed by atoms with Crippen molar-refractivity contribution in [1.82, 2.24) is 15.1 Å². The van der Waals surface area contributed by atoms with Crippen LogP contribution in [0.2, 0.25) is 0 Å². The lowest BCUT2D eigenvalue weighted by Gasteiger charge is -2.31. The summed E-state index contributed by atoms with van der Waals surface area (Å²) in [6.07, 6.45) is 5.75. The van der Waals surface area contributed by atoms with Crippen molar-refractivity contribution in [1.29, 1.82) is 0 Å². The van der Waals surface area contributed by atoms with Crippen LogP contribution >= 0.6 is 0 Å². The van der Waals surface area contributed by atoms with Crippen molar-refractivity contribution in [3.8, 4) is 0 Å². The van der Waals surface area contributed by atoms with Crippen LogP contribution in [0.3, 0.4) is 0 Å². The van der Waals surface area contributed by atoms with Crippen LogP contribution in [0.1, 0.15) is 48.8 Å². The minimum Gasteiger partial charge on any atom is -0.352 e. The molecule has 2 saturated heterocycles. The zero-order chi connectivity index (χ0) is 21.5. The van der Waals surface area contributed by atoms with Crippen molar-refractivity contribution in [3.63, 3.8) is 0 Å². The van der Waals surface area contributed by atoms with Gasteiger partial charge in [-0.25, -0.2) is 4.39 Å². The highest BCUT2D eigenvalue weighted by Gasteiger charge is 2.24. The summed E-state index contributed by atoms with van der Waals surface area (Å²) in [7, 11) is 0. The van der Waals surface area contributed by atoms with E-state index in [4.69, 9.17) is 0 Å². The highest BCUT2D eigenvalue weighted by atomic mass is 19.1. The predicted molar refractivity (Wildman–Crippen MR) is 122 cm³/mol. The molecule has 2 aliphatic rings. The van der Waals surface area contributed by atoms with Crippen LogP contribution in [0.25, 0.3) is 0 Å². The fourth-order valence-electron chi connectivity index (χ4n) is 4.67. The first-order valence-electron chi connectivity index (χ1n) is 11.7. The standard InChI is InChI=1S/C26H34FN3O/c27-25-10-8-23(9-11-25)20-30-16-12-24(13-17-30)26(31)28-18-21-4-6-22(7-5-21)19-29-14-2-1-3-15-29/h4-11,24H,1-3,12-20H2,(H,28,31). The highest BCUT2D eigenvalue weighted by molar-refractivity contribution is 5.78. The SMILES string of the molecule is O=C(NCc1ccc(CN2CCCCC2)cc1)C1CCN(Cc2ccc(F)cc2)CC1. The second-order valence-corrected chi connectivity index (χ2v) is 9.05. The van der Waals surface area contributed by atoms with Gasteiger partial charge in [-0.15, -0.1) is 0 Å². The van der Waals surface area contributed by atoms with E-state index in [1.165, 1.54) is 50.0 Å². The molecule has 0 spiro atoms. The number of rotatable bonds is 7. The molecule has 166 valence electrons. The third-order valence-electron chi connectivity index (χ3n) is 6.62. The number of nitrogens with one attached hydrogen (secondary N) is 1. The minimum atomic E-state index is -0.198. The molecule has 2 aromatic rings. The van der Waals surface area contributed by atoms with Crippen LogP contribution in [0.15, 0.2) is 48.5 Å². The molecule has 0 aliphatic carbocycles. The topological polar surface area (TPSA) is 35.6 Å². The molecule has 1 N–H and O–H groups in total.